The van der Waals surface area contributed by atoms with Crippen molar-refractivity contribution < 1.29 is 0 Å². The van der Waals surface area contributed by atoms with Gasteiger partial charge in [-0.05, 0) is 37.7 Å². The lowest BCUT2D eigenvalue weighted by Gasteiger charge is -2.08. The summed E-state index contributed by atoms with van der Waals surface area (Å²) >= 11 is 5.15. The maximum absolute atomic E-state index is 4.25. The first-order valence-electron chi connectivity index (χ1n) is 5.82. The van der Waals surface area contributed by atoms with E-state index in [0.29, 0.717) is 0 Å². The summed E-state index contributed by atoms with van der Waals surface area (Å²) in [6.45, 7) is 8.58. The second kappa shape index (κ2) is 6.08. The van der Waals surface area contributed by atoms with Crippen molar-refractivity contribution in [1.82, 2.24) is 10.2 Å². The summed E-state index contributed by atoms with van der Waals surface area (Å²) < 4.78 is 2.09. The van der Waals surface area contributed by atoms with Crippen LogP contribution in [-0.2, 0) is 0 Å². The molecular weight excluding hydrogens is 280 g/mol. The highest BCUT2D eigenvalue weighted by molar-refractivity contribution is 8.03. The van der Waals surface area contributed by atoms with Crippen molar-refractivity contribution in [3.8, 4) is 0 Å². The van der Waals surface area contributed by atoms with Crippen LogP contribution in [0.15, 0.2) is 25.7 Å². The standard InChI is InChI=1S/C13H16N2S3/c1-5-16-12-14-15-13(18-12)17-11-9(3)6-8(2)7-10(11)4/h6-7H,5H2,1-4H3. The SMILES string of the molecule is CCSc1nnc(Sc2c(C)cc(C)cc2C)s1. The summed E-state index contributed by atoms with van der Waals surface area (Å²) in [7, 11) is 0. The van der Waals surface area contributed by atoms with Gasteiger partial charge in [-0.2, -0.15) is 0 Å². The molecule has 0 saturated carbocycles. The minimum absolute atomic E-state index is 1.03. The van der Waals surface area contributed by atoms with Crippen LogP contribution in [0.3, 0.4) is 0 Å². The Hall–Kier alpha value is -0.520. The fourth-order valence-corrected chi connectivity index (χ4v) is 4.83. The highest BCUT2D eigenvalue weighted by Gasteiger charge is 2.10. The zero-order chi connectivity index (χ0) is 13.1. The third-order valence-corrected chi connectivity index (χ3v) is 5.79. The molecule has 1 aromatic heterocycles. The number of thioether (sulfide) groups is 1. The molecule has 0 saturated heterocycles. The van der Waals surface area contributed by atoms with Crippen LogP contribution in [0, 0.1) is 20.8 Å². The van der Waals surface area contributed by atoms with Gasteiger partial charge in [-0.1, -0.05) is 59.5 Å². The van der Waals surface area contributed by atoms with Gasteiger partial charge in [0.1, 0.15) is 0 Å². The van der Waals surface area contributed by atoms with E-state index in [1.54, 1.807) is 34.9 Å². The van der Waals surface area contributed by atoms with Crippen LogP contribution in [0.1, 0.15) is 23.6 Å². The number of aromatic nitrogens is 2. The van der Waals surface area contributed by atoms with Crippen LogP contribution in [0.5, 0.6) is 0 Å². The summed E-state index contributed by atoms with van der Waals surface area (Å²) in [5.74, 6) is 1.04. The summed E-state index contributed by atoms with van der Waals surface area (Å²) in [5, 5.41) is 8.44. The van der Waals surface area contributed by atoms with Crippen LogP contribution in [-0.4, -0.2) is 16.0 Å². The van der Waals surface area contributed by atoms with Gasteiger partial charge in [0, 0.05) is 4.90 Å². The highest BCUT2D eigenvalue weighted by Crippen LogP contribution is 2.37. The lowest BCUT2D eigenvalue weighted by atomic mass is 10.1. The van der Waals surface area contributed by atoms with Gasteiger partial charge in [0.2, 0.25) is 0 Å². The lowest BCUT2D eigenvalue weighted by molar-refractivity contribution is 0.954. The number of hydrogen-bond donors (Lipinski definition) is 0. The molecule has 0 radical (unpaired) electrons. The maximum Gasteiger partial charge on any atom is 0.179 e. The topological polar surface area (TPSA) is 25.8 Å². The largest absolute Gasteiger partial charge is 0.179 e. The first-order valence-corrected chi connectivity index (χ1v) is 8.44. The first-order chi connectivity index (χ1) is 8.60. The van der Waals surface area contributed by atoms with Gasteiger partial charge >= 0.3 is 0 Å². The second-order valence-electron chi connectivity index (χ2n) is 4.10. The Balaban J connectivity index is 2.22. The average molecular weight is 296 g/mol. The van der Waals surface area contributed by atoms with E-state index in [-0.39, 0.29) is 0 Å². The molecule has 0 spiro atoms. The van der Waals surface area contributed by atoms with Crippen molar-refractivity contribution in [3.05, 3.63) is 28.8 Å². The van der Waals surface area contributed by atoms with Gasteiger partial charge in [0.05, 0.1) is 0 Å². The van der Waals surface area contributed by atoms with Gasteiger partial charge < -0.3 is 0 Å². The van der Waals surface area contributed by atoms with Crippen molar-refractivity contribution >= 4 is 34.9 Å². The lowest BCUT2D eigenvalue weighted by Crippen LogP contribution is -1.87. The fourth-order valence-electron chi connectivity index (χ4n) is 1.84. The molecule has 2 nitrogen and oxygen atoms in total. The molecule has 1 heterocycles. The Labute approximate surface area is 121 Å². The molecule has 18 heavy (non-hydrogen) atoms. The van der Waals surface area contributed by atoms with Crippen molar-refractivity contribution in [2.75, 3.05) is 5.75 Å². The Morgan fingerprint density at radius 3 is 2.28 bits per heavy atom. The van der Waals surface area contributed by atoms with Crippen molar-refractivity contribution in [2.45, 2.75) is 41.3 Å². The third-order valence-electron chi connectivity index (χ3n) is 2.45. The van der Waals surface area contributed by atoms with Crippen molar-refractivity contribution in [1.29, 1.82) is 0 Å². The van der Waals surface area contributed by atoms with E-state index in [1.807, 2.05) is 0 Å². The van der Waals surface area contributed by atoms with Crippen LogP contribution in [0.2, 0.25) is 0 Å². The number of nitrogens with zero attached hydrogens (tertiary/aromatic N) is 2. The molecule has 0 N–H and O–H groups in total. The van der Waals surface area contributed by atoms with Gasteiger partial charge in [-0.3, -0.25) is 0 Å². The van der Waals surface area contributed by atoms with Gasteiger partial charge in [0.15, 0.2) is 8.68 Å². The van der Waals surface area contributed by atoms with E-state index in [9.17, 15) is 0 Å². The van der Waals surface area contributed by atoms with Crippen LogP contribution in [0.4, 0.5) is 0 Å². The average Bonchev–Trinajstić information content (AvgIpc) is 2.72. The normalized spacial score (nSPS) is 10.9. The first kappa shape index (κ1) is 13.9. The summed E-state index contributed by atoms with van der Waals surface area (Å²) in [6.07, 6.45) is 0. The Morgan fingerprint density at radius 2 is 1.67 bits per heavy atom. The molecule has 0 aliphatic rings. The molecule has 0 atom stereocenters. The molecule has 0 bridgehead atoms. The van der Waals surface area contributed by atoms with E-state index in [1.165, 1.54) is 21.6 Å². The Bertz CT molecular complexity index is 526. The molecule has 5 heteroatoms. The van der Waals surface area contributed by atoms with Crippen molar-refractivity contribution in [2.24, 2.45) is 0 Å². The molecule has 0 unspecified atom stereocenters. The number of rotatable bonds is 4. The van der Waals surface area contributed by atoms with Crippen LogP contribution < -0.4 is 0 Å². The zero-order valence-corrected chi connectivity index (χ0v) is 13.4. The van der Waals surface area contributed by atoms with Gasteiger partial charge in [-0.15, -0.1) is 10.2 Å². The molecule has 2 rings (SSSR count). The van der Waals surface area contributed by atoms with Crippen molar-refractivity contribution in [3.63, 3.8) is 0 Å². The predicted octanol–water partition coefficient (Wildman–Crippen LogP) is 4.73. The Morgan fingerprint density at radius 1 is 1.06 bits per heavy atom. The predicted molar refractivity (Wildman–Crippen MR) is 81.1 cm³/mol. The highest BCUT2D eigenvalue weighted by atomic mass is 32.2. The van der Waals surface area contributed by atoms with Gasteiger partial charge in [0.25, 0.3) is 0 Å². The fraction of sp³-hybridized carbons (Fsp3) is 0.385. The third kappa shape index (κ3) is 3.28. The molecule has 96 valence electrons. The minimum Gasteiger partial charge on any atom is -0.131 e. The molecule has 0 aliphatic carbocycles. The van der Waals surface area contributed by atoms with E-state index < -0.39 is 0 Å². The van der Waals surface area contributed by atoms with E-state index in [0.717, 1.165) is 14.4 Å². The maximum atomic E-state index is 4.25. The van der Waals surface area contributed by atoms with Crippen LogP contribution in [0.25, 0.3) is 0 Å². The van der Waals surface area contributed by atoms with E-state index in [4.69, 9.17) is 0 Å². The summed E-state index contributed by atoms with van der Waals surface area (Å²) in [6, 6.07) is 4.44. The van der Waals surface area contributed by atoms with E-state index >= 15 is 0 Å². The number of hydrogen-bond acceptors (Lipinski definition) is 5. The monoisotopic (exact) mass is 296 g/mol. The number of aryl methyl sites for hydroxylation is 3. The Kier molecular flexibility index (Phi) is 4.70. The zero-order valence-electron chi connectivity index (χ0n) is 11.0. The quantitative estimate of drug-likeness (QED) is 0.762. The molecule has 0 amide bonds. The second-order valence-corrected chi connectivity index (χ2v) is 7.84. The molecule has 0 fully saturated rings. The van der Waals surface area contributed by atoms with Gasteiger partial charge in [-0.25, -0.2) is 0 Å². The number of benzene rings is 1. The summed E-state index contributed by atoms with van der Waals surface area (Å²) in [5.41, 5.74) is 3.95. The smallest absolute Gasteiger partial charge is 0.131 e. The molecule has 2 aromatic rings. The molecular formula is C13H16N2S3. The van der Waals surface area contributed by atoms with E-state index in [2.05, 4.69) is 50.0 Å². The molecule has 1 aromatic carbocycles. The molecule has 0 aliphatic heterocycles. The summed E-state index contributed by atoms with van der Waals surface area (Å²) in [4.78, 5) is 1.31. The van der Waals surface area contributed by atoms with Crippen LogP contribution >= 0.6 is 34.9 Å². The minimum atomic E-state index is 1.03.